The number of rotatable bonds is 4. The van der Waals surface area contributed by atoms with Crippen LogP contribution >= 0.6 is 0 Å². The minimum absolute atomic E-state index is 0.0313. The fourth-order valence-electron chi connectivity index (χ4n) is 4.90. The zero-order chi connectivity index (χ0) is 22.3. The first-order valence-corrected chi connectivity index (χ1v) is 11.1. The van der Waals surface area contributed by atoms with E-state index in [0.717, 1.165) is 33.8 Å². The molecule has 1 aliphatic carbocycles. The number of hydrogen-bond donors (Lipinski definition) is 0. The van der Waals surface area contributed by atoms with Crippen molar-refractivity contribution < 1.29 is 14.3 Å². The largest absolute Gasteiger partial charge is 0.494 e. The summed E-state index contributed by atoms with van der Waals surface area (Å²) >= 11 is 0. The summed E-state index contributed by atoms with van der Waals surface area (Å²) < 4.78 is 5.86. The third-order valence-corrected chi connectivity index (χ3v) is 6.49. The number of carbonyl (C=O) groups excluding carboxylic acids is 2. The van der Waals surface area contributed by atoms with Crippen LogP contribution in [0, 0.1) is 19.3 Å². The SMILES string of the molecule is CCOc1ccccc1C1CC(=O)N(c2ccc(C)c(C)c2)C2=C1C(=O)CC(C)(C)C2. The molecule has 0 saturated carbocycles. The molecule has 4 heteroatoms. The van der Waals surface area contributed by atoms with Crippen LogP contribution in [0.25, 0.3) is 0 Å². The first kappa shape index (κ1) is 21.4. The summed E-state index contributed by atoms with van der Waals surface area (Å²) in [7, 11) is 0. The van der Waals surface area contributed by atoms with Crippen molar-refractivity contribution in [1.82, 2.24) is 0 Å². The summed E-state index contributed by atoms with van der Waals surface area (Å²) in [5, 5.41) is 0. The number of Topliss-reactive ketones (excluding diaryl/α,β-unsaturated/α-hetero) is 1. The molecule has 4 rings (SSSR count). The number of nitrogens with zero attached hydrogens (tertiary/aromatic N) is 1. The van der Waals surface area contributed by atoms with Crippen LogP contribution in [0.2, 0.25) is 0 Å². The number of ether oxygens (including phenoxy) is 1. The third-order valence-electron chi connectivity index (χ3n) is 6.49. The van der Waals surface area contributed by atoms with E-state index in [2.05, 4.69) is 33.8 Å². The maximum atomic E-state index is 13.6. The molecule has 0 fully saturated rings. The Labute approximate surface area is 184 Å². The van der Waals surface area contributed by atoms with Crippen molar-refractivity contribution in [3.63, 3.8) is 0 Å². The fourth-order valence-corrected chi connectivity index (χ4v) is 4.90. The number of hydrogen-bond acceptors (Lipinski definition) is 3. The van der Waals surface area contributed by atoms with Crippen molar-refractivity contribution in [1.29, 1.82) is 0 Å². The van der Waals surface area contributed by atoms with Crippen LogP contribution in [0.1, 0.15) is 62.6 Å². The average molecular weight is 418 g/mol. The van der Waals surface area contributed by atoms with E-state index in [9.17, 15) is 9.59 Å². The number of allylic oxidation sites excluding steroid dienone is 2. The number of aryl methyl sites for hydroxylation is 2. The minimum atomic E-state index is -0.267. The Hall–Kier alpha value is -2.88. The molecule has 31 heavy (non-hydrogen) atoms. The van der Waals surface area contributed by atoms with E-state index in [4.69, 9.17) is 4.74 Å². The molecule has 162 valence electrons. The Morgan fingerprint density at radius 2 is 1.77 bits per heavy atom. The van der Waals surface area contributed by atoms with Crippen LogP contribution in [-0.4, -0.2) is 18.3 Å². The summed E-state index contributed by atoms with van der Waals surface area (Å²) in [6.45, 7) is 10.8. The lowest BCUT2D eigenvalue weighted by Crippen LogP contribution is -2.43. The van der Waals surface area contributed by atoms with Crippen molar-refractivity contribution in [3.8, 4) is 5.75 Å². The predicted molar refractivity (Wildman–Crippen MR) is 123 cm³/mol. The van der Waals surface area contributed by atoms with Gasteiger partial charge >= 0.3 is 0 Å². The van der Waals surface area contributed by atoms with Gasteiger partial charge in [0, 0.05) is 41.3 Å². The molecule has 4 nitrogen and oxygen atoms in total. The summed E-state index contributed by atoms with van der Waals surface area (Å²) in [5.74, 6) is 0.663. The number of anilines is 1. The third kappa shape index (κ3) is 3.91. The van der Waals surface area contributed by atoms with Gasteiger partial charge in [0.1, 0.15) is 5.75 Å². The second-order valence-corrected chi connectivity index (χ2v) is 9.53. The zero-order valence-corrected chi connectivity index (χ0v) is 19.1. The van der Waals surface area contributed by atoms with Crippen LogP contribution in [0.3, 0.4) is 0 Å². The molecule has 1 heterocycles. The van der Waals surface area contributed by atoms with Crippen LogP contribution in [0.4, 0.5) is 5.69 Å². The molecular weight excluding hydrogens is 386 g/mol. The Morgan fingerprint density at radius 1 is 1.03 bits per heavy atom. The zero-order valence-electron chi connectivity index (χ0n) is 19.1. The molecule has 0 radical (unpaired) electrons. The first-order chi connectivity index (χ1) is 14.7. The van der Waals surface area contributed by atoms with Gasteiger partial charge in [0.15, 0.2) is 5.78 Å². The number of benzene rings is 2. The van der Waals surface area contributed by atoms with Gasteiger partial charge in [-0.25, -0.2) is 0 Å². The van der Waals surface area contributed by atoms with Gasteiger partial charge in [0.2, 0.25) is 5.91 Å². The highest BCUT2D eigenvalue weighted by Gasteiger charge is 2.45. The summed E-state index contributed by atoms with van der Waals surface area (Å²) in [6, 6.07) is 13.9. The number of ketones is 1. The van der Waals surface area contributed by atoms with E-state index >= 15 is 0 Å². The number of carbonyl (C=O) groups is 2. The van der Waals surface area contributed by atoms with Crippen molar-refractivity contribution in [3.05, 3.63) is 70.4 Å². The maximum Gasteiger partial charge on any atom is 0.232 e. The van der Waals surface area contributed by atoms with Gasteiger partial charge in [-0.3, -0.25) is 14.5 Å². The molecule has 0 saturated heterocycles. The van der Waals surface area contributed by atoms with Crippen LogP contribution in [0.15, 0.2) is 53.7 Å². The van der Waals surface area contributed by atoms with Crippen LogP contribution < -0.4 is 9.64 Å². The summed E-state index contributed by atoms with van der Waals surface area (Å²) in [6.07, 6.45) is 1.45. The highest BCUT2D eigenvalue weighted by molar-refractivity contribution is 6.08. The van der Waals surface area contributed by atoms with E-state index in [0.29, 0.717) is 19.4 Å². The lowest BCUT2D eigenvalue weighted by Gasteiger charge is -2.43. The molecule has 0 N–H and O–H groups in total. The smallest absolute Gasteiger partial charge is 0.232 e. The fraction of sp³-hybridized carbons (Fsp3) is 0.407. The number of para-hydroxylation sites is 1. The van der Waals surface area contributed by atoms with Crippen LogP contribution in [-0.2, 0) is 9.59 Å². The molecular formula is C27H31NO3. The molecule has 1 amide bonds. The second-order valence-electron chi connectivity index (χ2n) is 9.53. The van der Waals surface area contributed by atoms with E-state index in [-0.39, 0.29) is 29.4 Å². The molecule has 1 atom stereocenters. The molecule has 2 aromatic rings. The van der Waals surface area contributed by atoms with E-state index in [1.807, 2.05) is 43.3 Å². The van der Waals surface area contributed by atoms with Crippen LogP contribution in [0.5, 0.6) is 5.75 Å². The van der Waals surface area contributed by atoms with Crippen molar-refractivity contribution in [2.75, 3.05) is 11.5 Å². The monoisotopic (exact) mass is 417 g/mol. The Bertz CT molecular complexity index is 1080. The van der Waals surface area contributed by atoms with Crippen molar-refractivity contribution in [2.45, 2.75) is 59.8 Å². The van der Waals surface area contributed by atoms with E-state index in [1.54, 1.807) is 4.90 Å². The summed E-state index contributed by atoms with van der Waals surface area (Å²) in [4.78, 5) is 28.8. The quantitative estimate of drug-likeness (QED) is 0.625. The van der Waals surface area contributed by atoms with Crippen molar-refractivity contribution in [2.24, 2.45) is 5.41 Å². The maximum absolute atomic E-state index is 13.6. The highest BCUT2D eigenvalue weighted by atomic mass is 16.5. The normalized spacial score (nSPS) is 20.7. The van der Waals surface area contributed by atoms with Gasteiger partial charge in [0.05, 0.1) is 6.61 Å². The predicted octanol–water partition coefficient (Wildman–Crippen LogP) is 5.87. The number of amides is 1. The molecule has 1 unspecified atom stereocenters. The standard InChI is InChI=1S/C27H31NO3/c1-6-31-24-10-8-7-9-20(24)21-14-25(30)28(19-12-11-17(2)18(3)13-19)22-15-27(4,5)16-23(29)26(21)22/h7-13,21H,6,14-16H2,1-5H3. The highest BCUT2D eigenvalue weighted by Crippen LogP contribution is 2.49. The lowest BCUT2D eigenvalue weighted by molar-refractivity contribution is -0.121. The average Bonchev–Trinajstić information content (AvgIpc) is 2.69. The molecule has 2 aliphatic rings. The Balaban J connectivity index is 1.91. The molecule has 2 aromatic carbocycles. The lowest BCUT2D eigenvalue weighted by atomic mass is 9.69. The Kier molecular flexibility index (Phi) is 5.50. The topological polar surface area (TPSA) is 46.6 Å². The molecule has 0 spiro atoms. The van der Waals surface area contributed by atoms with Gasteiger partial charge in [0.25, 0.3) is 0 Å². The molecule has 0 aromatic heterocycles. The van der Waals surface area contributed by atoms with Gasteiger partial charge in [-0.1, -0.05) is 38.1 Å². The van der Waals surface area contributed by atoms with Gasteiger partial charge in [-0.05, 0) is 61.9 Å². The second kappa shape index (κ2) is 7.99. The molecule has 1 aliphatic heterocycles. The van der Waals surface area contributed by atoms with Gasteiger partial charge in [-0.15, -0.1) is 0 Å². The minimum Gasteiger partial charge on any atom is -0.494 e. The first-order valence-electron chi connectivity index (χ1n) is 11.1. The van der Waals surface area contributed by atoms with E-state index in [1.165, 1.54) is 5.56 Å². The Morgan fingerprint density at radius 3 is 2.48 bits per heavy atom. The summed E-state index contributed by atoms with van der Waals surface area (Å²) in [5.41, 5.74) is 5.56. The van der Waals surface area contributed by atoms with Gasteiger partial charge < -0.3 is 4.74 Å². The molecule has 0 bridgehead atoms. The van der Waals surface area contributed by atoms with Gasteiger partial charge in [-0.2, -0.15) is 0 Å². The van der Waals surface area contributed by atoms with Crippen molar-refractivity contribution >= 4 is 17.4 Å². The van der Waals surface area contributed by atoms with E-state index < -0.39 is 0 Å².